The van der Waals surface area contributed by atoms with Gasteiger partial charge in [-0.05, 0) is 26.0 Å². The third-order valence-electron chi connectivity index (χ3n) is 2.29. The highest BCUT2D eigenvalue weighted by molar-refractivity contribution is 5.95. The number of carbonyl (C=O) groups is 2. The van der Waals surface area contributed by atoms with E-state index in [0.717, 1.165) is 0 Å². The van der Waals surface area contributed by atoms with E-state index >= 15 is 0 Å². The van der Waals surface area contributed by atoms with Crippen molar-refractivity contribution in [1.29, 1.82) is 0 Å². The molecule has 0 aliphatic heterocycles. The topological polar surface area (TPSA) is 80.6 Å². The van der Waals surface area contributed by atoms with E-state index in [1.807, 2.05) is 6.92 Å². The van der Waals surface area contributed by atoms with Gasteiger partial charge in [-0.3, -0.25) is 9.59 Å². The molecule has 100 valence electrons. The lowest BCUT2D eigenvalue weighted by Crippen LogP contribution is -2.48. The van der Waals surface area contributed by atoms with E-state index in [0.29, 0.717) is 6.61 Å². The van der Waals surface area contributed by atoms with Crippen LogP contribution in [0.25, 0.3) is 0 Å². The summed E-state index contributed by atoms with van der Waals surface area (Å²) < 4.78 is 9.84. The smallest absolute Gasteiger partial charge is 0.287 e. The van der Waals surface area contributed by atoms with E-state index in [2.05, 4.69) is 10.6 Å². The molecule has 0 saturated heterocycles. The van der Waals surface area contributed by atoms with E-state index < -0.39 is 11.9 Å². The first-order valence-corrected chi connectivity index (χ1v) is 5.68. The fraction of sp³-hybridized carbons (Fsp3) is 0.500. The average molecular weight is 254 g/mol. The summed E-state index contributed by atoms with van der Waals surface area (Å²) in [6.07, 6.45) is 1.40. The van der Waals surface area contributed by atoms with Crippen molar-refractivity contribution in [2.75, 3.05) is 13.7 Å². The summed E-state index contributed by atoms with van der Waals surface area (Å²) in [6.45, 7) is 3.85. The lowest BCUT2D eigenvalue weighted by molar-refractivity contribution is -0.123. The summed E-state index contributed by atoms with van der Waals surface area (Å²) in [6, 6.07) is 2.40. The maximum absolute atomic E-state index is 11.7. The van der Waals surface area contributed by atoms with Gasteiger partial charge in [0.2, 0.25) is 5.91 Å². The van der Waals surface area contributed by atoms with Gasteiger partial charge >= 0.3 is 0 Å². The average Bonchev–Trinajstić information content (AvgIpc) is 2.82. The second kappa shape index (κ2) is 6.80. The van der Waals surface area contributed by atoms with Crippen LogP contribution < -0.4 is 10.6 Å². The van der Waals surface area contributed by atoms with Crippen LogP contribution in [0.3, 0.4) is 0 Å². The largest absolute Gasteiger partial charge is 0.459 e. The van der Waals surface area contributed by atoms with Crippen molar-refractivity contribution < 1.29 is 18.7 Å². The Morgan fingerprint density at radius 3 is 2.67 bits per heavy atom. The molecule has 1 heterocycles. The first kappa shape index (κ1) is 14.2. The Labute approximate surface area is 106 Å². The van der Waals surface area contributed by atoms with Gasteiger partial charge in [0.15, 0.2) is 5.76 Å². The van der Waals surface area contributed by atoms with Crippen LogP contribution in [-0.2, 0) is 9.53 Å². The number of hydrogen-bond donors (Lipinski definition) is 2. The standard InChI is InChI=1S/C12H18N2O4/c1-8(7-17-3)13-11(15)9(2)14-12(16)10-5-4-6-18-10/h4-6,8-9H,7H2,1-3H3,(H,13,15)(H,14,16)/t8-,9-/m1/s1. The second-order valence-corrected chi connectivity index (χ2v) is 4.04. The minimum atomic E-state index is -0.637. The Hall–Kier alpha value is -1.82. The van der Waals surface area contributed by atoms with E-state index in [1.165, 1.54) is 12.3 Å². The van der Waals surface area contributed by atoms with Gasteiger partial charge in [0, 0.05) is 13.2 Å². The van der Waals surface area contributed by atoms with Crippen molar-refractivity contribution in [2.45, 2.75) is 25.9 Å². The van der Waals surface area contributed by atoms with Crippen LogP contribution in [0.5, 0.6) is 0 Å². The molecule has 0 spiro atoms. The van der Waals surface area contributed by atoms with Crippen LogP contribution in [0, 0.1) is 0 Å². The molecule has 1 aromatic rings. The summed E-state index contributed by atoms with van der Waals surface area (Å²) >= 11 is 0. The Bertz CT molecular complexity index is 389. The molecular weight excluding hydrogens is 236 g/mol. The SMILES string of the molecule is COC[C@@H](C)NC(=O)[C@@H](C)NC(=O)c1ccco1. The molecule has 6 heteroatoms. The summed E-state index contributed by atoms with van der Waals surface area (Å²) in [5, 5.41) is 5.27. The van der Waals surface area contributed by atoms with Crippen LogP contribution in [0.1, 0.15) is 24.4 Å². The molecule has 18 heavy (non-hydrogen) atoms. The van der Waals surface area contributed by atoms with Gasteiger partial charge in [-0.1, -0.05) is 0 Å². The normalized spacial score (nSPS) is 13.7. The van der Waals surface area contributed by atoms with Crippen LogP contribution in [0.2, 0.25) is 0 Å². The maximum Gasteiger partial charge on any atom is 0.287 e. The van der Waals surface area contributed by atoms with Crippen molar-refractivity contribution in [3.8, 4) is 0 Å². The van der Waals surface area contributed by atoms with Gasteiger partial charge in [-0.2, -0.15) is 0 Å². The molecule has 1 rings (SSSR count). The number of furan rings is 1. The number of ether oxygens (including phenoxy) is 1. The Morgan fingerprint density at radius 2 is 2.11 bits per heavy atom. The van der Waals surface area contributed by atoms with Crippen molar-refractivity contribution in [2.24, 2.45) is 0 Å². The molecule has 2 atom stereocenters. The highest BCUT2D eigenvalue weighted by Crippen LogP contribution is 2.00. The fourth-order valence-electron chi connectivity index (χ4n) is 1.40. The zero-order valence-electron chi connectivity index (χ0n) is 10.7. The predicted molar refractivity (Wildman–Crippen MR) is 65.1 cm³/mol. The highest BCUT2D eigenvalue weighted by atomic mass is 16.5. The van der Waals surface area contributed by atoms with E-state index in [1.54, 1.807) is 20.1 Å². The van der Waals surface area contributed by atoms with Gasteiger partial charge in [0.1, 0.15) is 6.04 Å². The summed E-state index contributed by atoms with van der Waals surface area (Å²) in [4.78, 5) is 23.3. The minimum Gasteiger partial charge on any atom is -0.459 e. The molecule has 0 aromatic carbocycles. The molecule has 2 amide bonds. The Kier molecular flexibility index (Phi) is 5.38. The number of nitrogens with one attached hydrogen (secondary N) is 2. The van der Waals surface area contributed by atoms with Crippen molar-refractivity contribution >= 4 is 11.8 Å². The number of amides is 2. The number of rotatable bonds is 6. The van der Waals surface area contributed by atoms with Crippen LogP contribution in [-0.4, -0.2) is 37.6 Å². The fourth-order valence-corrected chi connectivity index (χ4v) is 1.40. The third kappa shape index (κ3) is 4.21. The number of methoxy groups -OCH3 is 1. The molecule has 6 nitrogen and oxygen atoms in total. The monoisotopic (exact) mass is 254 g/mol. The molecule has 2 N–H and O–H groups in total. The van der Waals surface area contributed by atoms with Gasteiger partial charge < -0.3 is 19.8 Å². The molecule has 0 saturated carbocycles. The Balaban J connectivity index is 2.42. The van der Waals surface area contributed by atoms with Crippen molar-refractivity contribution in [3.63, 3.8) is 0 Å². The molecule has 0 bridgehead atoms. The van der Waals surface area contributed by atoms with Crippen LogP contribution in [0.15, 0.2) is 22.8 Å². The Morgan fingerprint density at radius 1 is 1.39 bits per heavy atom. The highest BCUT2D eigenvalue weighted by Gasteiger charge is 2.19. The lowest BCUT2D eigenvalue weighted by Gasteiger charge is -2.17. The predicted octanol–water partition coefficient (Wildman–Crippen LogP) is 0.549. The molecule has 1 aromatic heterocycles. The van der Waals surface area contributed by atoms with Crippen LogP contribution >= 0.6 is 0 Å². The van der Waals surface area contributed by atoms with Gasteiger partial charge in [-0.25, -0.2) is 0 Å². The summed E-state index contributed by atoms with van der Waals surface area (Å²) in [7, 11) is 1.56. The molecular formula is C12H18N2O4. The second-order valence-electron chi connectivity index (χ2n) is 4.04. The zero-order valence-corrected chi connectivity index (χ0v) is 10.7. The first-order chi connectivity index (χ1) is 8.54. The van der Waals surface area contributed by atoms with Crippen LogP contribution in [0.4, 0.5) is 0 Å². The molecule has 0 radical (unpaired) electrons. The minimum absolute atomic E-state index is 0.106. The van der Waals surface area contributed by atoms with E-state index in [9.17, 15) is 9.59 Å². The van der Waals surface area contributed by atoms with E-state index in [-0.39, 0.29) is 17.7 Å². The van der Waals surface area contributed by atoms with Gasteiger partial charge in [-0.15, -0.1) is 0 Å². The molecule has 0 aliphatic carbocycles. The van der Waals surface area contributed by atoms with Gasteiger partial charge in [0.05, 0.1) is 12.9 Å². The molecule has 0 aliphatic rings. The summed E-state index contributed by atoms with van der Waals surface area (Å²) in [5.41, 5.74) is 0. The third-order valence-corrected chi connectivity index (χ3v) is 2.29. The van der Waals surface area contributed by atoms with Crippen molar-refractivity contribution in [3.05, 3.63) is 24.2 Å². The van der Waals surface area contributed by atoms with Gasteiger partial charge in [0.25, 0.3) is 5.91 Å². The zero-order chi connectivity index (χ0) is 13.5. The number of hydrogen-bond acceptors (Lipinski definition) is 4. The summed E-state index contributed by atoms with van der Waals surface area (Å²) in [5.74, 6) is -0.499. The van der Waals surface area contributed by atoms with Crippen molar-refractivity contribution in [1.82, 2.24) is 10.6 Å². The van der Waals surface area contributed by atoms with E-state index in [4.69, 9.17) is 9.15 Å². The molecule has 0 unspecified atom stereocenters. The maximum atomic E-state index is 11.7. The lowest BCUT2D eigenvalue weighted by atomic mass is 10.2. The first-order valence-electron chi connectivity index (χ1n) is 5.68. The quantitative estimate of drug-likeness (QED) is 0.776. The number of carbonyl (C=O) groups excluding carboxylic acids is 2. The molecule has 0 fully saturated rings.